The Bertz CT molecular complexity index is 595. The van der Waals surface area contributed by atoms with Crippen LogP contribution in [0.3, 0.4) is 0 Å². The van der Waals surface area contributed by atoms with E-state index >= 15 is 0 Å². The Labute approximate surface area is 131 Å². The van der Waals surface area contributed by atoms with E-state index < -0.39 is 10.1 Å². The van der Waals surface area contributed by atoms with E-state index in [0.29, 0.717) is 18.6 Å². The first kappa shape index (κ1) is 15.6. The van der Waals surface area contributed by atoms with E-state index in [-0.39, 0.29) is 0 Å². The lowest BCUT2D eigenvalue weighted by atomic mass is 9.92. The van der Waals surface area contributed by atoms with Gasteiger partial charge in [0.2, 0.25) is 5.95 Å². The molecule has 0 unspecified atom stereocenters. The molecule has 122 valence electrons. The fourth-order valence-electron chi connectivity index (χ4n) is 3.25. The number of piperidine rings is 1. The fourth-order valence-corrected chi connectivity index (χ4v) is 3.69. The van der Waals surface area contributed by atoms with Crippen LogP contribution in [0.25, 0.3) is 0 Å². The molecule has 3 rings (SSSR count). The van der Waals surface area contributed by atoms with Gasteiger partial charge in [0.05, 0.1) is 12.9 Å². The fraction of sp³-hybridized carbons (Fsp3) is 0.714. The molecule has 7 nitrogen and oxygen atoms in total. The first-order chi connectivity index (χ1) is 10.5. The summed E-state index contributed by atoms with van der Waals surface area (Å²) in [5, 5.41) is 0. The van der Waals surface area contributed by atoms with E-state index in [2.05, 4.69) is 19.8 Å². The molecule has 3 heterocycles. The Morgan fingerprint density at radius 3 is 2.73 bits per heavy atom. The van der Waals surface area contributed by atoms with Crippen molar-refractivity contribution in [2.24, 2.45) is 5.92 Å². The Morgan fingerprint density at radius 1 is 1.23 bits per heavy atom. The summed E-state index contributed by atoms with van der Waals surface area (Å²) in [7, 11) is -3.34. The normalized spacial score (nSPS) is 26.7. The standard InChI is InChI=1S/C14H22N4O3S/c1-22(19,20)21-11-12-3-4-13-10-18(8-7-17(13)9-12)14-15-5-2-6-16-14/h2,5-6,12-13H,3-4,7-11H2,1H3/t12-,13+/m1/s1. The topological polar surface area (TPSA) is 75.6 Å². The predicted octanol–water partition coefficient (Wildman–Crippen LogP) is 0.353. The van der Waals surface area contributed by atoms with Gasteiger partial charge in [-0.25, -0.2) is 9.97 Å². The first-order valence-electron chi connectivity index (χ1n) is 7.62. The number of nitrogens with zero attached hydrogens (tertiary/aromatic N) is 4. The number of piperazine rings is 1. The van der Waals surface area contributed by atoms with Crippen molar-refractivity contribution in [3.63, 3.8) is 0 Å². The quantitative estimate of drug-likeness (QED) is 0.739. The van der Waals surface area contributed by atoms with Gasteiger partial charge in [-0.2, -0.15) is 8.42 Å². The molecule has 2 saturated heterocycles. The molecule has 1 aromatic rings. The zero-order chi connectivity index (χ0) is 15.6. The molecule has 0 saturated carbocycles. The molecule has 2 aliphatic heterocycles. The monoisotopic (exact) mass is 326 g/mol. The summed E-state index contributed by atoms with van der Waals surface area (Å²) < 4.78 is 27.2. The maximum absolute atomic E-state index is 11.1. The number of rotatable bonds is 4. The highest BCUT2D eigenvalue weighted by atomic mass is 32.2. The SMILES string of the molecule is CS(=O)(=O)OC[C@@H]1CC[C@H]2CN(c3ncccn3)CCN2C1. The summed E-state index contributed by atoms with van der Waals surface area (Å²) in [4.78, 5) is 13.3. The van der Waals surface area contributed by atoms with E-state index in [0.717, 1.165) is 51.2 Å². The van der Waals surface area contributed by atoms with E-state index in [1.165, 1.54) is 0 Å². The second-order valence-corrected chi connectivity index (χ2v) is 7.72. The molecule has 0 aliphatic carbocycles. The lowest BCUT2D eigenvalue weighted by Gasteiger charge is -2.46. The molecule has 0 spiro atoms. The third kappa shape index (κ3) is 3.93. The van der Waals surface area contributed by atoms with Crippen LogP contribution in [-0.4, -0.2) is 68.4 Å². The lowest BCUT2D eigenvalue weighted by molar-refractivity contribution is 0.0741. The average Bonchev–Trinajstić information content (AvgIpc) is 2.52. The van der Waals surface area contributed by atoms with E-state index in [1.54, 1.807) is 12.4 Å². The Kier molecular flexibility index (Phi) is 4.60. The third-order valence-corrected chi connectivity index (χ3v) is 4.92. The van der Waals surface area contributed by atoms with Crippen molar-refractivity contribution in [3.8, 4) is 0 Å². The average molecular weight is 326 g/mol. The molecule has 2 atom stereocenters. The Hall–Kier alpha value is -1.25. The van der Waals surface area contributed by atoms with Crippen molar-refractivity contribution < 1.29 is 12.6 Å². The molecule has 0 N–H and O–H groups in total. The third-order valence-electron chi connectivity index (χ3n) is 4.36. The second-order valence-electron chi connectivity index (χ2n) is 6.08. The Balaban J connectivity index is 1.54. The van der Waals surface area contributed by atoms with Crippen LogP contribution in [0, 0.1) is 5.92 Å². The molecule has 2 fully saturated rings. The molecular weight excluding hydrogens is 304 g/mol. The predicted molar refractivity (Wildman–Crippen MR) is 83.1 cm³/mol. The van der Waals surface area contributed by atoms with E-state index in [9.17, 15) is 8.42 Å². The minimum Gasteiger partial charge on any atom is -0.338 e. The number of hydrogen-bond donors (Lipinski definition) is 0. The number of hydrogen-bond acceptors (Lipinski definition) is 7. The van der Waals surface area contributed by atoms with Crippen LogP contribution in [0.5, 0.6) is 0 Å². The summed E-state index contributed by atoms with van der Waals surface area (Å²) in [5.74, 6) is 1.09. The maximum Gasteiger partial charge on any atom is 0.264 e. The smallest absolute Gasteiger partial charge is 0.264 e. The molecule has 0 amide bonds. The minimum absolute atomic E-state index is 0.297. The largest absolute Gasteiger partial charge is 0.338 e. The van der Waals surface area contributed by atoms with Gasteiger partial charge in [0.25, 0.3) is 10.1 Å². The number of anilines is 1. The van der Waals surface area contributed by atoms with Crippen LogP contribution >= 0.6 is 0 Å². The van der Waals surface area contributed by atoms with Gasteiger partial charge in [-0.05, 0) is 24.8 Å². The van der Waals surface area contributed by atoms with Crippen LogP contribution in [0.15, 0.2) is 18.5 Å². The van der Waals surface area contributed by atoms with Gasteiger partial charge in [-0.1, -0.05) is 0 Å². The van der Waals surface area contributed by atoms with Gasteiger partial charge in [0, 0.05) is 44.6 Å². The number of fused-ring (bicyclic) bond motifs is 1. The molecule has 0 radical (unpaired) electrons. The molecule has 8 heteroatoms. The van der Waals surface area contributed by atoms with Gasteiger partial charge in [0.15, 0.2) is 0 Å². The highest BCUT2D eigenvalue weighted by Gasteiger charge is 2.33. The molecule has 1 aromatic heterocycles. The zero-order valence-corrected chi connectivity index (χ0v) is 13.6. The van der Waals surface area contributed by atoms with Crippen molar-refractivity contribution in [3.05, 3.63) is 18.5 Å². The highest BCUT2D eigenvalue weighted by Crippen LogP contribution is 2.26. The van der Waals surface area contributed by atoms with Crippen molar-refractivity contribution in [2.75, 3.05) is 43.9 Å². The van der Waals surface area contributed by atoms with Crippen molar-refractivity contribution in [2.45, 2.75) is 18.9 Å². The number of aromatic nitrogens is 2. The van der Waals surface area contributed by atoms with Gasteiger partial charge in [0.1, 0.15) is 0 Å². The van der Waals surface area contributed by atoms with Gasteiger partial charge < -0.3 is 4.90 Å². The van der Waals surface area contributed by atoms with Crippen LogP contribution in [0.1, 0.15) is 12.8 Å². The molecular formula is C14H22N4O3S. The molecule has 0 aromatic carbocycles. The van der Waals surface area contributed by atoms with Gasteiger partial charge >= 0.3 is 0 Å². The van der Waals surface area contributed by atoms with Crippen molar-refractivity contribution >= 4 is 16.1 Å². The summed E-state index contributed by atoms with van der Waals surface area (Å²) in [5.41, 5.74) is 0. The van der Waals surface area contributed by atoms with Crippen LogP contribution < -0.4 is 4.90 Å². The summed E-state index contributed by atoms with van der Waals surface area (Å²) in [6.45, 7) is 4.00. The van der Waals surface area contributed by atoms with E-state index in [1.807, 2.05) is 6.07 Å². The van der Waals surface area contributed by atoms with Gasteiger partial charge in [-0.3, -0.25) is 9.08 Å². The lowest BCUT2D eigenvalue weighted by Crippen LogP contribution is -2.57. The summed E-state index contributed by atoms with van der Waals surface area (Å²) in [6, 6.07) is 2.32. The molecule has 2 aliphatic rings. The maximum atomic E-state index is 11.1. The molecule has 0 bridgehead atoms. The van der Waals surface area contributed by atoms with Gasteiger partial charge in [-0.15, -0.1) is 0 Å². The van der Waals surface area contributed by atoms with E-state index in [4.69, 9.17) is 4.18 Å². The molecule has 22 heavy (non-hydrogen) atoms. The van der Waals surface area contributed by atoms with Crippen molar-refractivity contribution in [1.82, 2.24) is 14.9 Å². The zero-order valence-electron chi connectivity index (χ0n) is 12.8. The summed E-state index contributed by atoms with van der Waals surface area (Å²) in [6.07, 6.45) is 6.71. The first-order valence-corrected chi connectivity index (χ1v) is 9.43. The summed E-state index contributed by atoms with van der Waals surface area (Å²) >= 11 is 0. The minimum atomic E-state index is -3.34. The Morgan fingerprint density at radius 2 is 2.00 bits per heavy atom. The second kappa shape index (κ2) is 6.47. The van der Waals surface area contributed by atoms with Crippen molar-refractivity contribution in [1.29, 1.82) is 0 Å². The highest BCUT2D eigenvalue weighted by molar-refractivity contribution is 7.85. The van der Waals surface area contributed by atoms with Crippen LogP contribution in [-0.2, 0) is 14.3 Å². The van der Waals surface area contributed by atoms with Crippen LogP contribution in [0.2, 0.25) is 0 Å². The van der Waals surface area contributed by atoms with Crippen LogP contribution in [0.4, 0.5) is 5.95 Å².